The Labute approximate surface area is 111 Å². The van der Waals surface area contributed by atoms with Gasteiger partial charge in [0.15, 0.2) is 0 Å². The van der Waals surface area contributed by atoms with E-state index in [4.69, 9.17) is 11.1 Å². The molecule has 0 aliphatic carbocycles. The zero-order valence-electron chi connectivity index (χ0n) is 10.3. The number of hydrogen-bond acceptors (Lipinski definition) is 3. The van der Waals surface area contributed by atoms with Crippen molar-refractivity contribution in [3.8, 4) is 0 Å². The third-order valence-corrected chi connectivity index (χ3v) is 2.74. The first-order valence-corrected chi connectivity index (χ1v) is 6.47. The van der Waals surface area contributed by atoms with Crippen molar-refractivity contribution in [3.05, 3.63) is 22.8 Å². The van der Waals surface area contributed by atoms with Gasteiger partial charge in [-0.25, -0.2) is 4.98 Å². The summed E-state index contributed by atoms with van der Waals surface area (Å²) in [5.74, 6) is 1.70. The van der Waals surface area contributed by atoms with Crippen LogP contribution in [0.3, 0.4) is 0 Å². The summed E-state index contributed by atoms with van der Waals surface area (Å²) in [5.41, 5.74) is 5.40. The molecule has 0 bridgehead atoms. The highest BCUT2D eigenvalue weighted by Gasteiger charge is 2.10. The van der Waals surface area contributed by atoms with E-state index >= 15 is 0 Å². The maximum absolute atomic E-state index is 7.29. The molecule has 94 valence electrons. The van der Waals surface area contributed by atoms with Crippen LogP contribution in [0.1, 0.15) is 20.3 Å². The molecule has 0 unspecified atom stereocenters. The maximum atomic E-state index is 7.29. The summed E-state index contributed by atoms with van der Waals surface area (Å²) < 4.78 is 0.970. The molecule has 0 saturated heterocycles. The zero-order valence-corrected chi connectivity index (χ0v) is 11.9. The summed E-state index contributed by atoms with van der Waals surface area (Å²) in [6, 6.07) is 3.95. The monoisotopic (exact) mass is 298 g/mol. The largest absolute Gasteiger partial charge is 0.388 e. The van der Waals surface area contributed by atoms with Crippen molar-refractivity contribution in [2.75, 3.05) is 18.0 Å². The van der Waals surface area contributed by atoms with Crippen molar-refractivity contribution in [2.24, 2.45) is 11.7 Å². The first-order chi connectivity index (χ1) is 7.99. The number of nitrogens with one attached hydrogen (secondary N) is 1. The fraction of sp³-hybridized carbons (Fsp3) is 0.500. The van der Waals surface area contributed by atoms with E-state index in [0.29, 0.717) is 12.3 Å². The zero-order chi connectivity index (χ0) is 12.8. The van der Waals surface area contributed by atoms with Crippen LogP contribution < -0.4 is 10.6 Å². The van der Waals surface area contributed by atoms with E-state index in [2.05, 4.69) is 39.7 Å². The molecule has 0 aliphatic heterocycles. The van der Waals surface area contributed by atoms with E-state index in [1.165, 1.54) is 0 Å². The molecule has 1 heterocycles. The van der Waals surface area contributed by atoms with Gasteiger partial charge in [0.1, 0.15) is 5.82 Å². The first-order valence-electron chi connectivity index (χ1n) is 5.68. The predicted molar refractivity (Wildman–Crippen MR) is 75.5 cm³/mol. The van der Waals surface area contributed by atoms with Crippen molar-refractivity contribution in [2.45, 2.75) is 20.3 Å². The molecule has 1 aromatic heterocycles. The molecule has 0 aliphatic rings. The van der Waals surface area contributed by atoms with Crippen LogP contribution in [0.5, 0.6) is 0 Å². The van der Waals surface area contributed by atoms with Gasteiger partial charge in [0, 0.05) is 30.2 Å². The van der Waals surface area contributed by atoms with Gasteiger partial charge >= 0.3 is 0 Å². The molecule has 5 heteroatoms. The summed E-state index contributed by atoms with van der Waals surface area (Å²) in [5, 5.41) is 7.29. The first kappa shape index (κ1) is 14.0. The van der Waals surface area contributed by atoms with Crippen LogP contribution in [0.25, 0.3) is 0 Å². The minimum absolute atomic E-state index is 0.218. The number of pyridine rings is 1. The van der Waals surface area contributed by atoms with Gasteiger partial charge < -0.3 is 10.6 Å². The molecule has 0 saturated carbocycles. The summed E-state index contributed by atoms with van der Waals surface area (Å²) in [7, 11) is 0. The van der Waals surface area contributed by atoms with Crippen LogP contribution in [0.2, 0.25) is 0 Å². The van der Waals surface area contributed by atoms with Crippen molar-refractivity contribution >= 4 is 27.6 Å². The molecule has 0 amide bonds. The van der Waals surface area contributed by atoms with Crippen LogP contribution in [-0.2, 0) is 0 Å². The van der Waals surface area contributed by atoms with Crippen LogP contribution in [0.15, 0.2) is 22.8 Å². The minimum Gasteiger partial charge on any atom is -0.388 e. The summed E-state index contributed by atoms with van der Waals surface area (Å²) in [6.07, 6.45) is 2.36. The van der Waals surface area contributed by atoms with Gasteiger partial charge in [-0.05, 0) is 34.0 Å². The van der Waals surface area contributed by atoms with Gasteiger partial charge in [-0.15, -0.1) is 0 Å². The Morgan fingerprint density at radius 2 is 2.24 bits per heavy atom. The van der Waals surface area contributed by atoms with Gasteiger partial charge in [-0.2, -0.15) is 0 Å². The van der Waals surface area contributed by atoms with Crippen LogP contribution in [-0.4, -0.2) is 23.9 Å². The smallest absolute Gasteiger partial charge is 0.128 e. The normalized spacial score (nSPS) is 10.6. The third kappa shape index (κ3) is 5.17. The Hall–Kier alpha value is -1.10. The summed E-state index contributed by atoms with van der Waals surface area (Å²) >= 11 is 3.37. The molecule has 3 N–H and O–H groups in total. The van der Waals surface area contributed by atoms with Crippen molar-refractivity contribution < 1.29 is 0 Å². The fourth-order valence-electron chi connectivity index (χ4n) is 1.55. The molecule has 0 radical (unpaired) electrons. The maximum Gasteiger partial charge on any atom is 0.128 e. The summed E-state index contributed by atoms with van der Waals surface area (Å²) in [6.45, 7) is 5.99. The topological polar surface area (TPSA) is 66.0 Å². The number of aromatic nitrogens is 1. The molecule has 0 fully saturated rings. The second-order valence-corrected chi connectivity index (χ2v) is 5.37. The fourth-order valence-corrected chi connectivity index (χ4v) is 1.79. The Balaban J connectivity index is 2.74. The Morgan fingerprint density at radius 3 is 2.71 bits per heavy atom. The highest BCUT2D eigenvalue weighted by Crippen LogP contribution is 2.16. The third-order valence-electron chi connectivity index (χ3n) is 2.27. The average molecular weight is 299 g/mol. The molecule has 0 spiro atoms. The Bertz CT molecular complexity index is 361. The molecule has 0 aromatic carbocycles. The van der Waals surface area contributed by atoms with Gasteiger partial charge in [0.25, 0.3) is 0 Å². The molecular formula is C12H19BrN4. The van der Waals surface area contributed by atoms with E-state index in [9.17, 15) is 0 Å². The predicted octanol–water partition coefficient (Wildman–Crippen LogP) is 2.63. The lowest BCUT2D eigenvalue weighted by Crippen LogP contribution is -2.31. The lowest BCUT2D eigenvalue weighted by Gasteiger charge is -2.25. The lowest BCUT2D eigenvalue weighted by molar-refractivity contribution is 0.608. The van der Waals surface area contributed by atoms with Crippen LogP contribution >= 0.6 is 15.9 Å². The average Bonchev–Trinajstić information content (AvgIpc) is 2.25. The minimum atomic E-state index is 0.218. The lowest BCUT2D eigenvalue weighted by atomic mass is 10.2. The molecular weight excluding hydrogens is 280 g/mol. The molecule has 4 nitrogen and oxygen atoms in total. The van der Waals surface area contributed by atoms with Crippen molar-refractivity contribution in [1.29, 1.82) is 5.41 Å². The molecule has 0 atom stereocenters. The van der Waals surface area contributed by atoms with E-state index in [1.807, 2.05) is 12.1 Å². The molecule has 1 aromatic rings. The second kappa shape index (κ2) is 6.59. The number of anilines is 1. The van der Waals surface area contributed by atoms with Gasteiger partial charge in [-0.3, -0.25) is 5.41 Å². The highest BCUT2D eigenvalue weighted by atomic mass is 79.9. The van der Waals surface area contributed by atoms with E-state index in [-0.39, 0.29) is 5.84 Å². The van der Waals surface area contributed by atoms with E-state index in [0.717, 1.165) is 23.4 Å². The number of rotatable bonds is 6. The van der Waals surface area contributed by atoms with Crippen LogP contribution in [0.4, 0.5) is 5.82 Å². The molecule has 17 heavy (non-hydrogen) atoms. The SMILES string of the molecule is CC(C)CN(CCC(=N)N)c1ccc(Br)cn1. The summed E-state index contributed by atoms with van der Waals surface area (Å²) in [4.78, 5) is 6.54. The van der Waals surface area contributed by atoms with Crippen molar-refractivity contribution in [1.82, 2.24) is 4.98 Å². The Kier molecular flexibility index (Phi) is 5.41. The number of halogens is 1. The van der Waals surface area contributed by atoms with Gasteiger partial charge in [0.2, 0.25) is 0 Å². The number of nitrogens with two attached hydrogens (primary N) is 1. The van der Waals surface area contributed by atoms with Crippen molar-refractivity contribution in [3.63, 3.8) is 0 Å². The number of hydrogen-bond donors (Lipinski definition) is 2. The molecule has 1 rings (SSSR count). The van der Waals surface area contributed by atoms with Crippen LogP contribution in [0, 0.1) is 11.3 Å². The highest BCUT2D eigenvalue weighted by molar-refractivity contribution is 9.10. The number of amidine groups is 1. The van der Waals surface area contributed by atoms with Gasteiger partial charge in [-0.1, -0.05) is 13.8 Å². The van der Waals surface area contributed by atoms with E-state index in [1.54, 1.807) is 6.20 Å². The quantitative estimate of drug-likeness (QED) is 0.627. The number of nitrogens with zero attached hydrogens (tertiary/aromatic N) is 2. The Morgan fingerprint density at radius 1 is 1.53 bits per heavy atom. The standard InChI is InChI=1S/C12H19BrN4/c1-9(2)8-17(6-5-11(14)15)12-4-3-10(13)7-16-12/h3-4,7,9H,5-6,8H2,1-2H3,(H3,14,15). The van der Waals surface area contributed by atoms with Gasteiger partial charge in [0.05, 0.1) is 5.84 Å². The van der Waals surface area contributed by atoms with E-state index < -0.39 is 0 Å². The second-order valence-electron chi connectivity index (χ2n) is 4.45.